The summed E-state index contributed by atoms with van der Waals surface area (Å²) in [6.45, 7) is 9.23. The monoisotopic (exact) mass is 663 g/mol. The zero-order valence-electron chi connectivity index (χ0n) is 30.7. The highest BCUT2D eigenvalue weighted by atomic mass is 15.2. The van der Waals surface area contributed by atoms with Gasteiger partial charge in [0.15, 0.2) is 5.71 Å². The van der Waals surface area contributed by atoms with Gasteiger partial charge in [0.05, 0.1) is 5.41 Å². The molecule has 252 valence electrons. The van der Waals surface area contributed by atoms with Gasteiger partial charge in [0.1, 0.15) is 7.05 Å². The number of nitrogens with zero attached hydrogens (tertiary/aromatic N) is 2. The van der Waals surface area contributed by atoms with Crippen LogP contribution in [0, 0.1) is 13.8 Å². The molecule has 2 aliphatic heterocycles. The van der Waals surface area contributed by atoms with E-state index in [0.717, 1.165) is 12.8 Å². The van der Waals surface area contributed by atoms with Crippen LogP contribution in [-0.2, 0) is 23.7 Å². The Hall–Kier alpha value is -5.47. The van der Waals surface area contributed by atoms with Gasteiger partial charge < -0.3 is 4.90 Å². The molecule has 0 radical (unpaired) electrons. The Morgan fingerprint density at radius 3 is 1.78 bits per heavy atom. The van der Waals surface area contributed by atoms with Crippen LogP contribution in [0.15, 0.2) is 157 Å². The van der Waals surface area contributed by atoms with Gasteiger partial charge in [0.25, 0.3) is 0 Å². The minimum atomic E-state index is -0.275. The first-order valence-corrected chi connectivity index (χ1v) is 18.2. The molecular weight excluding hydrogens is 617 g/mol. The maximum atomic E-state index is 2.46. The Labute approximate surface area is 303 Å². The Morgan fingerprint density at radius 2 is 1.16 bits per heavy atom. The fourth-order valence-electron chi connectivity index (χ4n) is 9.13. The molecule has 0 N–H and O–H groups in total. The summed E-state index contributed by atoms with van der Waals surface area (Å²) in [4.78, 5) is 2.46. The predicted molar refractivity (Wildman–Crippen MR) is 218 cm³/mol. The van der Waals surface area contributed by atoms with Gasteiger partial charge in [-0.3, -0.25) is 0 Å². The number of hydrogen-bond acceptors (Lipinski definition) is 1. The van der Waals surface area contributed by atoms with E-state index in [1.165, 1.54) is 77.7 Å². The smallest absolute Gasteiger partial charge is 0.210 e. The Balaban J connectivity index is 1.24. The van der Waals surface area contributed by atoms with Crippen LogP contribution < -0.4 is 4.90 Å². The molecule has 0 spiro atoms. The first-order chi connectivity index (χ1) is 24.7. The highest BCUT2D eigenvalue weighted by molar-refractivity contribution is 6.07. The molecule has 0 bridgehead atoms. The van der Waals surface area contributed by atoms with Crippen molar-refractivity contribution in [2.45, 2.75) is 51.4 Å². The Morgan fingerprint density at radius 1 is 0.608 bits per heavy atom. The maximum absolute atomic E-state index is 2.46. The van der Waals surface area contributed by atoms with Crippen molar-refractivity contribution in [3.8, 4) is 0 Å². The van der Waals surface area contributed by atoms with Crippen molar-refractivity contribution in [3.05, 3.63) is 191 Å². The largest absolute Gasteiger partial charge is 0.347 e. The minimum absolute atomic E-state index is 0.113. The van der Waals surface area contributed by atoms with Crippen LogP contribution in [0.25, 0.3) is 21.5 Å². The predicted octanol–water partition coefficient (Wildman–Crippen LogP) is 11.5. The molecule has 0 aromatic heterocycles. The molecule has 6 aromatic rings. The van der Waals surface area contributed by atoms with Crippen molar-refractivity contribution < 1.29 is 4.58 Å². The molecule has 2 aliphatic rings. The minimum Gasteiger partial charge on any atom is -0.347 e. The van der Waals surface area contributed by atoms with Crippen LogP contribution in [0.1, 0.15) is 47.2 Å². The fraction of sp³-hybridized carbons (Fsp3) is 0.204. The third-order valence-electron chi connectivity index (χ3n) is 11.7. The van der Waals surface area contributed by atoms with Crippen LogP contribution in [0.5, 0.6) is 0 Å². The number of likely N-dealkylation sites (N-methyl/N-ethyl adjacent to an activating group) is 1. The molecule has 2 heteroatoms. The molecule has 0 fully saturated rings. The van der Waals surface area contributed by atoms with Gasteiger partial charge in [-0.2, -0.15) is 4.58 Å². The molecular formula is C49H47N2+. The quantitative estimate of drug-likeness (QED) is 0.122. The lowest BCUT2D eigenvalue weighted by Gasteiger charge is -2.35. The molecule has 0 aliphatic carbocycles. The summed E-state index contributed by atoms with van der Waals surface area (Å²) in [5.74, 6) is 0. The normalized spacial score (nSPS) is 17.1. The van der Waals surface area contributed by atoms with Gasteiger partial charge in [-0.1, -0.05) is 121 Å². The van der Waals surface area contributed by atoms with Gasteiger partial charge >= 0.3 is 0 Å². The first-order valence-electron chi connectivity index (χ1n) is 18.2. The topological polar surface area (TPSA) is 6.25 Å². The molecule has 0 atom stereocenters. The average molecular weight is 664 g/mol. The third-order valence-corrected chi connectivity index (χ3v) is 11.7. The van der Waals surface area contributed by atoms with E-state index >= 15 is 0 Å². The number of allylic oxidation sites excluding steroid dienone is 6. The van der Waals surface area contributed by atoms with Gasteiger partial charge in [-0.15, -0.1) is 0 Å². The van der Waals surface area contributed by atoms with Crippen LogP contribution in [0.4, 0.5) is 11.4 Å². The Bertz CT molecular complexity index is 2400. The summed E-state index contributed by atoms with van der Waals surface area (Å²) >= 11 is 0. The molecule has 51 heavy (non-hydrogen) atoms. The van der Waals surface area contributed by atoms with Crippen molar-refractivity contribution >= 4 is 38.6 Å². The van der Waals surface area contributed by atoms with E-state index in [9.17, 15) is 0 Å². The summed E-state index contributed by atoms with van der Waals surface area (Å²) in [6, 6.07) is 44.7. The summed E-state index contributed by atoms with van der Waals surface area (Å²) in [5.41, 5.74) is 13.1. The number of benzene rings is 6. The number of hydrogen-bond donors (Lipinski definition) is 0. The van der Waals surface area contributed by atoms with Crippen molar-refractivity contribution in [2.75, 3.05) is 19.0 Å². The van der Waals surface area contributed by atoms with Gasteiger partial charge in [-0.25, -0.2) is 0 Å². The van der Waals surface area contributed by atoms with Crippen molar-refractivity contribution in [3.63, 3.8) is 0 Å². The average Bonchev–Trinajstić information content (AvgIpc) is 3.48. The van der Waals surface area contributed by atoms with Crippen LogP contribution >= 0.6 is 0 Å². The van der Waals surface area contributed by atoms with Crippen LogP contribution in [-0.4, -0.2) is 24.4 Å². The van der Waals surface area contributed by atoms with Crippen molar-refractivity contribution in [1.82, 2.24) is 0 Å². The summed E-state index contributed by atoms with van der Waals surface area (Å²) in [5, 5.41) is 5.26. The first kappa shape index (κ1) is 32.7. The van der Waals surface area contributed by atoms with Crippen LogP contribution in [0.2, 0.25) is 0 Å². The molecule has 0 unspecified atom stereocenters. The van der Waals surface area contributed by atoms with Crippen LogP contribution in [0.3, 0.4) is 0 Å². The zero-order valence-corrected chi connectivity index (χ0v) is 30.7. The summed E-state index contributed by atoms with van der Waals surface area (Å²) < 4.78 is 2.37. The van der Waals surface area contributed by atoms with E-state index in [2.05, 4.69) is 203 Å². The third kappa shape index (κ3) is 5.36. The van der Waals surface area contributed by atoms with Gasteiger partial charge in [0, 0.05) is 41.6 Å². The Kier molecular flexibility index (Phi) is 8.14. The molecule has 2 nitrogen and oxygen atoms in total. The highest BCUT2D eigenvalue weighted by Crippen LogP contribution is 2.54. The number of aryl methyl sites for hydroxylation is 2. The number of rotatable bonds is 7. The lowest BCUT2D eigenvalue weighted by Crippen LogP contribution is -2.35. The van der Waals surface area contributed by atoms with E-state index in [1.54, 1.807) is 0 Å². The van der Waals surface area contributed by atoms with Gasteiger partial charge in [0.2, 0.25) is 5.69 Å². The van der Waals surface area contributed by atoms with Crippen molar-refractivity contribution in [2.24, 2.45) is 0 Å². The van der Waals surface area contributed by atoms with E-state index in [1.807, 2.05) is 0 Å². The van der Waals surface area contributed by atoms with E-state index in [4.69, 9.17) is 0 Å². The second-order valence-corrected chi connectivity index (χ2v) is 15.1. The van der Waals surface area contributed by atoms with Crippen molar-refractivity contribution in [1.29, 1.82) is 0 Å². The molecule has 0 saturated heterocycles. The lowest BCUT2D eigenvalue weighted by atomic mass is 9.68. The molecule has 8 rings (SSSR count). The van der Waals surface area contributed by atoms with E-state index in [-0.39, 0.29) is 10.8 Å². The molecule has 2 heterocycles. The number of anilines is 1. The summed E-state index contributed by atoms with van der Waals surface area (Å²) in [6.07, 6.45) is 13.2. The lowest BCUT2D eigenvalue weighted by molar-refractivity contribution is -0.401. The molecule has 0 amide bonds. The summed E-state index contributed by atoms with van der Waals surface area (Å²) in [7, 11) is 4.46. The number of fused-ring (bicyclic) bond motifs is 6. The van der Waals surface area contributed by atoms with E-state index in [0.29, 0.717) is 0 Å². The maximum Gasteiger partial charge on any atom is 0.210 e. The van der Waals surface area contributed by atoms with E-state index < -0.39 is 0 Å². The zero-order chi connectivity index (χ0) is 35.3. The highest BCUT2D eigenvalue weighted by Gasteiger charge is 2.47. The fourth-order valence-corrected chi connectivity index (χ4v) is 9.13. The second-order valence-electron chi connectivity index (χ2n) is 15.1. The standard InChI is InChI=1S/C49H47N2/c1-34-18-10-12-22-38(34)32-49(33-39-23-13-11-19-35(39)2)45(51(6)43-31-29-37-21-15-17-25-41(37)47(43)49)27-9-7-8-26-44-48(3,4)46-40-24-16-14-20-36(40)28-30-42(46)50(44)5/h7-31H,32-33H2,1-6H3/q+1. The molecule has 6 aromatic carbocycles. The van der Waals surface area contributed by atoms with Gasteiger partial charge in [-0.05, 0) is 108 Å². The molecule has 0 saturated carbocycles. The SMILES string of the molecule is Cc1ccccc1CC1(Cc2ccccc2C)\C(=C/C=C/C=C/C2=[N+](C)c3ccc4ccccc4c3C2(C)C)N(C)c2ccc3ccccc3c21. The second kappa shape index (κ2) is 12.7.